The number of aromatic nitrogens is 2. The van der Waals surface area contributed by atoms with Crippen LogP contribution in [0, 0.1) is 12.8 Å². The van der Waals surface area contributed by atoms with Gasteiger partial charge < -0.3 is 5.11 Å². The zero-order valence-corrected chi connectivity index (χ0v) is 12.0. The Morgan fingerprint density at radius 2 is 2.05 bits per heavy atom. The summed E-state index contributed by atoms with van der Waals surface area (Å²) in [5.74, 6) is 0.424. The molecule has 0 unspecified atom stereocenters. The summed E-state index contributed by atoms with van der Waals surface area (Å²) in [6.07, 6.45) is 5.77. The molecule has 6 nitrogen and oxygen atoms in total. The van der Waals surface area contributed by atoms with Crippen molar-refractivity contribution >= 4 is 10.0 Å². The van der Waals surface area contributed by atoms with Gasteiger partial charge in [0, 0.05) is 6.54 Å². The minimum Gasteiger partial charge on any atom is -0.390 e. The van der Waals surface area contributed by atoms with Gasteiger partial charge in [0.1, 0.15) is 10.6 Å². The van der Waals surface area contributed by atoms with E-state index in [4.69, 9.17) is 5.11 Å². The van der Waals surface area contributed by atoms with Crippen molar-refractivity contribution in [2.45, 2.75) is 50.5 Å². The van der Waals surface area contributed by atoms with E-state index in [0.717, 1.165) is 12.8 Å². The molecule has 1 aliphatic rings. The van der Waals surface area contributed by atoms with Gasteiger partial charge in [-0.2, -0.15) is 5.10 Å². The number of aryl methyl sites for hydroxylation is 1. The Balaban J connectivity index is 2.07. The minimum atomic E-state index is -3.59. The van der Waals surface area contributed by atoms with E-state index in [-0.39, 0.29) is 17.2 Å². The zero-order valence-electron chi connectivity index (χ0n) is 11.1. The molecule has 2 rings (SSSR count). The van der Waals surface area contributed by atoms with Gasteiger partial charge in [-0.1, -0.05) is 19.3 Å². The van der Waals surface area contributed by atoms with Crippen LogP contribution in [0.5, 0.6) is 0 Å². The van der Waals surface area contributed by atoms with Gasteiger partial charge in [0.05, 0.1) is 12.3 Å². The van der Waals surface area contributed by atoms with Gasteiger partial charge in [-0.05, 0) is 25.7 Å². The largest absolute Gasteiger partial charge is 0.390 e. The highest BCUT2D eigenvalue weighted by atomic mass is 32.2. The highest BCUT2D eigenvalue weighted by molar-refractivity contribution is 7.89. The third kappa shape index (κ3) is 3.34. The molecule has 1 heterocycles. The maximum atomic E-state index is 12.3. The number of nitrogens with one attached hydrogen (secondary N) is 2. The Bertz CT molecular complexity index is 518. The Hall–Kier alpha value is -0.920. The number of aromatic amines is 1. The van der Waals surface area contributed by atoms with Crippen molar-refractivity contribution in [2.24, 2.45) is 5.92 Å². The Morgan fingerprint density at radius 1 is 1.37 bits per heavy atom. The molecule has 0 amide bonds. The van der Waals surface area contributed by atoms with E-state index >= 15 is 0 Å². The summed E-state index contributed by atoms with van der Waals surface area (Å²) in [6.45, 7) is 1.73. The minimum absolute atomic E-state index is 0.0887. The molecule has 0 spiro atoms. The summed E-state index contributed by atoms with van der Waals surface area (Å²) in [4.78, 5) is 0.0887. The van der Waals surface area contributed by atoms with Crippen LogP contribution in [0.25, 0.3) is 0 Å². The summed E-state index contributed by atoms with van der Waals surface area (Å²) in [6, 6.07) is 0. The van der Waals surface area contributed by atoms with Crippen LogP contribution in [0.3, 0.4) is 0 Å². The number of hydrogen-bond donors (Lipinski definition) is 3. The van der Waals surface area contributed by atoms with Gasteiger partial charge in [-0.25, -0.2) is 13.1 Å². The van der Waals surface area contributed by atoms with E-state index in [1.165, 1.54) is 19.3 Å². The maximum absolute atomic E-state index is 12.3. The van der Waals surface area contributed by atoms with Crippen molar-refractivity contribution in [1.82, 2.24) is 14.9 Å². The molecule has 108 valence electrons. The lowest BCUT2D eigenvalue weighted by atomic mass is 9.90. The molecule has 1 aromatic rings. The lowest BCUT2D eigenvalue weighted by Gasteiger charge is -2.21. The van der Waals surface area contributed by atoms with Crippen LogP contribution in [0.2, 0.25) is 0 Å². The quantitative estimate of drug-likeness (QED) is 0.755. The lowest BCUT2D eigenvalue weighted by Crippen LogP contribution is -2.31. The fourth-order valence-corrected chi connectivity index (χ4v) is 4.09. The van der Waals surface area contributed by atoms with Crippen molar-refractivity contribution in [3.8, 4) is 0 Å². The number of sulfonamides is 1. The van der Waals surface area contributed by atoms with Crippen molar-refractivity contribution in [3.63, 3.8) is 0 Å². The van der Waals surface area contributed by atoms with Crippen LogP contribution >= 0.6 is 0 Å². The van der Waals surface area contributed by atoms with E-state index in [2.05, 4.69) is 14.9 Å². The summed E-state index contributed by atoms with van der Waals surface area (Å²) in [5.41, 5.74) is 0.633. The number of rotatable bonds is 5. The van der Waals surface area contributed by atoms with Crippen molar-refractivity contribution in [1.29, 1.82) is 0 Å². The second-order valence-corrected chi connectivity index (χ2v) is 6.84. The lowest BCUT2D eigenvalue weighted by molar-refractivity contribution is 0.273. The monoisotopic (exact) mass is 287 g/mol. The number of hydrogen-bond acceptors (Lipinski definition) is 4. The number of aliphatic hydroxyl groups excluding tert-OH is 1. The molecule has 7 heteroatoms. The van der Waals surface area contributed by atoms with E-state index in [1.54, 1.807) is 6.92 Å². The van der Waals surface area contributed by atoms with Crippen LogP contribution in [0.1, 0.15) is 43.5 Å². The highest BCUT2D eigenvalue weighted by Gasteiger charge is 2.25. The second kappa shape index (κ2) is 6.02. The average Bonchev–Trinajstić information content (AvgIpc) is 2.80. The van der Waals surface area contributed by atoms with Gasteiger partial charge in [-0.3, -0.25) is 5.10 Å². The maximum Gasteiger partial charge on any atom is 0.244 e. The molecule has 1 aliphatic carbocycles. The summed E-state index contributed by atoms with van der Waals surface area (Å²) >= 11 is 0. The van der Waals surface area contributed by atoms with Gasteiger partial charge >= 0.3 is 0 Å². The second-order valence-electron chi connectivity index (χ2n) is 5.14. The molecule has 1 saturated carbocycles. The number of H-pyrrole nitrogens is 1. The van der Waals surface area contributed by atoms with Gasteiger partial charge in [-0.15, -0.1) is 0 Å². The third-order valence-electron chi connectivity index (χ3n) is 3.67. The van der Waals surface area contributed by atoms with E-state index < -0.39 is 10.0 Å². The predicted molar refractivity (Wildman–Crippen MR) is 71.0 cm³/mol. The molecule has 1 fully saturated rings. The fraction of sp³-hybridized carbons (Fsp3) is 0.750. The summed E-state index contributed by atoms with van der Waals surface area (Å²) in [5, 5.41) is 15.5. The van der Waals surface area contributed by atoms with Gasteiger partial charge in [0.15, 0.2) is 0 Å². The fourth-order valence-electron chi connectivity index (χ4n) is 2.62. The smallest absolute Gasteiger partial charge is 0.244 e. The molecule has 0 atom stereocenters. The first-order valence-electron chi connectivity index (χ1n) is 6.69. The van der Waals surface area contributed by atoms with Crippen molar-refractivity contribution in [3.05, 3.63) is 11.4 Å². The average molecular weight is 287 g/mol. The van der Waals surface area contributed by atoms with Crippen LogP contribution in [0.4, 0.5) is 0 Å². The Kier molecular flexibility index (Phi) is 4.59. The summed E-state index contributed by atoms with van der Waals surface area (Å²) < 4.78 is 27.2. The zero-order chi connectivity index (χ0) is 13.9. The summed E-state index contributed by atoms with van der Waals surface area (Å²) in [7, 11) is -3.59. The molecule has 0 aliphatic heterocycles. The third-order valence-corrected chi connectivity index (χ3v) is 5.29. The first kappa shape index (κ1) is 14.5. The first-order chi connectivity index (χ1) is 9.04. The van der Waals surface area contributed by atoms with Crippen LogP contribution in [-0.2, 0) is 16.6 Å². The molecule has 19 heavy (non-hydrogen) atoms. The van der Waals surface area contributed by atoms with Crippen molar-refractivity contribution < 1.29 is 13.5 Å². The van der Waals surface area contributed by atoms with E-state index in [0.29, 0.717) is 18.2 Å². The highest BCUT2D eigenvalue weighted by Crippen LogP contribution is 2.24. The van der Waals surface area contributed by atoms with Crippen LogP contribution < -0.4 is 4.72 Å². The molecule has 1 aromatic heterocycles. The standard InChI is InChI=1S/C12H21N3O3S/c1-9-12(11(8-16)15-14-9)19(17,18)13-7-10-5-3-2-4-6-10/h10,13,16H,2-8H2,1H3,(H,14,15). The van der Waals surface area contributed by atoms with Gasteiger partial charge in [0.25, 0.3) is 0 Å². The Labute approximate surface area is 113 Å². The molecular weight excluding hydrogens is 266 g/mol. The molecule has 0 saturated heterocycles. The van der Waals surface area contributed by atoms with E-state index in [9.17, 15) is 8.42 Å². The van der Waals surface area contributed by atoms with E-state index in [1.807, 2.05) is 0 Å². The van der Waals surface area contributed by atoms with Crippen LogP contribution in [0.15, 0.2) is 4.90 Å². The topological polar surface area (TPSA) is 95.1 Å². The van der Waals surface area contributed by atoms with Gasteiger partial charge in [0.2, 0.25) is 10.0 Å². The molecule has 0 aromatic carbocycles. The van der Waals surface area contributed by atoms with Crippen LogP contribution in [-0.4, -0.2) is 30.3 Å². The molecule has 3 N–H and O–H groups in total. The predicted octanol–water partition coefficient (Wildman–Crippen LogP) is 1.07. The van der Waals surface area contributed by atoms with Crippen molar-refractivity contribution in [2.75, 3.05) is 6.54 Å². The first-order valence-corrected chi connectivity index (χ1v) is 8.17. The SMILES string of the molecule is Cc1[nH]nc(CO)c1S(=O)(=O)NCC1CCCCC1. The molecule has 0 bridgehead atoms. The molecule has 0 radical (unpaired) electrons. The normalized spacial score (nSPS) is 17.8. The Morgan fingerprint density at radius 3 is 2.68 bits per heavy atom. The number of aliphatic hydroxyl groups is 1. The molecular formula is C12H21N3O3S. The number of nitrogens with zero attached hydrogens (tertiary/aromatic N) is 1.